The van der Waals surface area contributed by atoms with E-state index < -0.39 is 0 Å². The lowest BCUT2D eigenvalue weighted by atomic mass is 9.44. The highest BCUT2D eigenvalue weighted by Crippen LogP contribution is 2.61. The topological polar surface area (TPSA) is 12.0 Å². The number of nitrogens with one attached hydrogen (secondary N) is 1. The van der Waals surface area contributed by atoms with Crippen molar-refractivity contribution in [2.75, 3.05) is 6.54 Å². The van der Waals surface area contributed by atoms with Crippen molar-refractivity contribution < 1.29 is 0 Å². The third-order valence-corrected chi connectivity index (χ3v) is 4.87. The van der Waals surface area contributed by atoms with E-state index in [4.69, 9.17) is 0 Å². The minimum Gasteiger partial charge on any atom is -0.314 e. The maximum atomic E-state index is 3.74. The molecule has 1 heteroatoms. The van der Waals surface area contributed by atoms with Crippen LogP contribution in [-0.4, -0.2) is 12.6 Å². The third-order valence-electron chi connectivity index (χ3n) is 4.87. The molecule has 0 heterocycles. The van der Waals surface area contributed by atoms with Gasteiger partial charge in [-0.25, -0.2) is 0 Å². The summed E-state index contributed by atoms with van der Waals surface area (Å²) >= 11 is 0. The number of rotatable bonds is 3. The Kier molecular flexibility index (Phi) is 2.63. The predicted molar refractivity (Wildman–Crippen MR) is 61.2 cm³/mol. The largest absolute Gasteiger partial charge is 0.314 e. The van der Waals surface area contributed by atoms with Gasteiger partial charge in [-0.2, -0.15) is 0 Å². The molecule has 2 bridgehead atoms. The van der Waals surface area contributed by atoms with Crippen LogP contribution in [0, 0.1) is 23.2 Å². The molecule has 0 aliphatic heterocycles. The van der Waals surface area contributed by atoms with Crippen molar-refractivity contribution in [1.29, 1.82) is 0 Å². The van der Waals surface area contributed by atoms with Gasteiger partial charge < -0.3 is 5.32 Å². The summed E-state index contributed by atoms with van der Waals surface area (Å²) in [7, 11) is 0. The second kappa shape index (κ2) is 3.52. The van der Waals surface area contributed by atoms with E-state index in [1.165, 1.54) is 25.8 Å². The van der Waals surface area contributed by atoms with Crippen LogP contribution in [-0.2, 0) is 0 Å². The summed E-state index contributed by atoms with van der Waals surface area (Å²) in [6.45, 7) is 10.9. The molecule has 0 spiro atoms. The summed E-state index contributed by atoms with van der Waals surface area (Å²) in [5.74, 6) is 2.90. The van der Waals surface area contributed by atoms with Crippen LogP contribution in [0.25, 0.3) is 0 Å². The van der Waals surface area contributed by atoms with Crippen LogP contribution in [0.1, 0.15) is 47.0 Å². The fourth-order valence-corrected chi connectivity index (χ4v) is 3.93. The molecule has 0 aromatic rings. The Morgan fingerprint density at radius 2 is 1.93 bits per heavy atom. The van der Waals surface area contributed by atoms with E-state index in [1.807, 2.05) is 0 Å². The van der Waals surface area contributed by atoms with Crippen molar-refractivity contribution >= 4 is 0 Å². The zero-order valence-electron chi connectivity index (χ0n) is 10.1. The molecule has 4 atom stereocenters. The Morgan fingerprint density at radius 1 is 1.21 bits per heavy atom. The highest BCUT2D eigenvalue weighted by atomic mass is 14.9. The highest BCUT2D eigenvalue weighted by Gasteiger charge is 2.56. The van der Waals surface area contributed by atoms with Crippen LogP contribution in [0.4, 0.5) is 0 Å². The van der Waals surface area contributed by atoms with Gasteiger partial charge in [0.15, 0.2) is 0 Å². The average Bonchev–Trinajstić information content (AvgIpc) is 2.13. The highest BCUT2D eigenvalue weighted by molar-refractivity contribution is 5.08. The molecular weight excluding hydrogens is 170 g/mol. The molecule has 3 rings (SSSR count). The molecule has 0 aromatic heterocycles. The van der Waals surface area contributed by atoms with Crippen LogP contribution in [0.15, 0.2) is 0 Å². The van der Waals surface area contributed by atoms with Gasteiger partial charge in [0.05, 0.1) is 0 Å². The van der Waals surface area contributed by atoms with Crippen LogP contribution in [0.3, 0.4) is 0 Å². The summed E-state index contributed by atoms with van der Waals surface area (Å²) in [5, 5.41) is 3.74. The SMILES string of the molecule is CCCN[C@H]1C[C@H](C)[C@@H]2C[C@@H]1C2(C)C. The normalized spacial score (nSPS) is 44.6. The molecule has 1 nitrogen and oxygen atoms in total. The maximum absolute atomic E-state index is 3.74. The molecule has 0 amide bonds. The van der Waals surface area contributed by atoms with Gasteiger partial charge in [0.1, 0.15) is 0 Å². The van der Waals surface area contributed by atoms with Gasteiger partial charge in [0.2, 0.25) is 0 Å². The van der Waals surface area contributed by atoms with Crippen molar-refractivity contribution in [3.8, 4) is 0 Å². The molecular formula is C13H25N. The van der Waals surface area contributed by atoms with Gasteiger partial charge in [-0.05, 0) is 49.0 Å². The maximum Gasteiger partial charge on any atom is 0.0103 e. The van der Waals surface area contributed by atoms with E-state index >= 15 is 0 Å². The van der Waals surface area contributed by atoms with E-state index in [9.17, 15) is 0 Å². The lowest BCUT2D eigenvalue weighted by molar-refractivity contribution is -0.119. The standard InChI is InChI=1S/C13H25N/c1-5-6-14-12-7-9(2)10-8-11(12)13(10,3)4/h9-12,14H,5-8H2,1-4H3/t9-,10-,11-,12-/m0/s1. The Bertz CT molecular complexity index is 209. The summed E-state index contributed by atoms with van der Waals surface area (Å²) in [4.78, 5) is 0. The van der Waals surface area contributed by atoms with Crippen LogP contribution in [0.2, 0.25) is 0 Å². The number of hydrogen-bond donors (Lipinski definition) is 1. The molecule has 1 N–H and O–H groups in total. The first-order chi connectivity index (χ1) is 6.57. The van der Waals surface area contributed by atoms with Crippen LogP contribution < -0.4 is 5.32 Å². The Hall–Kier alpha value is -0.0400. The van der Waals surface area contributed by atoms with E-state index in [1.54, 1.807) is 0 Å². The first kappa shape index (κ1) is 10.5. The fourth-order valence-electron chi connectivity index (χ4n) is 3.93. The van der Waals surface area contributed by atoms with E-state index in [0.717, 1.165) is 23.8 Å². The molecule has 0 aromatic carbocycles. The summed E-state index contributed by atoms with van der Waals surface area (Å²) in [6.07, 6.45) is 4.16. The Labute approximate surface area is 88.7 Å². The Morgan fingerprint density at radius 3 is 2.43 bits per heavy atom. The first-order valence-corrected chi connectivity index (χ1v) is 6.30. The Balaban J connectivity index is 1.99. The third kappa shape index (κ3) is 1.41. The van der Waals surface area contributed by atoms with Crippen molar-refractivity contribution in [3.05, 3.63) is 0 Å². The van der Waals surface area contributed by atoms with Crippen LogP contribution >= 0.6 is 0 Å². The van der Waals surface area contributed by atoms with Gasteiger partial charge in [0, 0.05) is 6.04 Å². The molecule has 3 aliphatic rings. The molecule has 0 unspecified atom stereocenters. The zero-order chi connectivity index (χ0) is 10.3. The minimum atomic E-state index is 0.614. The molecule has 14 heavy (non-hydrogen) atoms. The average molecular weight is 195 g/mol. The monoisotopic (exact) mass is 195 g/mol. The minimum absolute atomic E-state index is 0.614. The number of fused-ring (bicyclic) bond motifs is 2. The molecule has 0 radical (unpaired) electrons. The smallest absolute Gasteiger partial charge is 0.0103 e. The molecule has 3 fully saturated rings. The van der Waals surface area contributed by atoms with Gasteiger partial charge in [-0.1, -0.05) is 27.7 Å². The van der Waals surface area contributed by atoms with Crippen molar-refractivity contribution in [2.45, 2.75) is 53.0 Å². The van der Waals surface area contributed by atoms with Crippen molar-refractivity contribution in [3.63, 3.8) is 0 Å². The van der Waals surface area contributed by atoms with Gasteiger partial charge >= 0.3 is 0 Å². The predicted octanol–water partition coefficient (Wildman–Crippen LogP) is 3.06. The summed E-state index contributed by atoms with van der Waals surface area (Å²) in [6, 6.07) is 0.810. The van der Waals surface area contributed by atoms with Crippen molar-refractivity contribution in [2.24, 2.45) is 23.2 Å². The second-order valence-corrected chi connectivity index (χ2v) is 6.04. The summed E-state index contributed by atoms with van der Waals surface area (Å²) in [5.41, 5.74) is 0.614. The second-order valence-electron chi connectivity index (χ2n) is 6.04. The lowest BCUT2D eigenvalue weighted by Crippen LogP contribution is -2.61. The molecule has 0 saturated heterocycles. The first-order valence-electron chi connectivity index (χ1n) is 6.30. The van der Waals surface area contributed by atoms with Gasteiger partial charge in [-0.3, -0.25) is 0 Å². The lowest BCUT2D eigenvalue weighted by Gasteiger charge is -2.63. The molecule has 82 valence electrons. The molecule has 3 saturated carbocycles. The fraction of sp³-hybridized carbons (Fsp3) is 1.00. The van der Waals surface area contributed by atoms with E-state index in [-0.39, 0.29) is 0 Å². The van der Waals surface area contributed by atoms with E-state index in [0.29, 0.717) is 5.41 Å². The van der Waals surface area contributed by atoms with Crippen LogP contribution in [0.5, 0.6) is 0 Å². The zero-order valence-corrected chi connectivity index (χ0v) is 10.1. The van der Waals surface area contributed by atoms with Gasteiger partial charge in [0.25, 0.3) is 0 Å². The van der Waals surface area contributed by atoms with Crippen molar-refractivity contribution in [1.82, 2.24) is 5.32 Å². The number of hydrogen-bond acceptors (Lipinski definition) is 1. The quantitative estimate of drug-likeness (QED) is 0.730. The molecule has 3 aliphatic carbocycles. The van der Waals surface area contributed by atoms with E-state index in [2.05, 4.69) is 33.0 Å². The van der Waals surface area contributed by atoms with Gasteiger partial charge in [-0.15, -0.1) is 0 Å². The summed E-state index contributed by atoms with van der Waals surface area (Å²) < 4.78 is 0.